The minimum absolute atomic E-state index is 0.0673. The van der Waals surface area contributed by atoms with Gasteiger partial charge in [-0.1, -0.05) is 62.0 Å². The quantitative estimate of drug-likeness (QED) is 0.810. The average molecular weight is 410 g/mol. The predicted molar refractivity (Wildman–Crippen MR) is 115 cm³/mol. The summed E-state index contributed by atoms with van der Waals surface area (Å²) in [7, 11) is 0. The maximum absolute atomic E-state index is 13.5. The molecule has 4 rings (SSSR count). The number of amides is 2. The lowest BCUT2D eigenvalue weighted by atomic mass is 9.91. The van der Waals surface area contributed by atoms with E-state index in [-0.39, 0.29) is 5.17 Å². The fraction of sp³-hybridized carbons (Fsp3) is 0.318. The topological polar surface area (TPSA) is 96.0 Å². The van der Waals surface area contributed by atoms with Crippen LogP contribution < -0.4 is 10.6 Å². The molecule has 2 amide bonds. The van der Waals surface area contributed by atoms with Gasteiger partial charge in [-0.2, -0.15) is 4.99 Å². The third-order valence-corrected chi connectivity index (χ3v) is 6.72. The molecule has 6 nitrogen and oxygen atoms in total. The molecule has 2 aliphatic rings. The Kier molecular flexibility index (Phi) is 4.75. The van der Waals surface area contributed by atoms with Crippen LogP contribution in [0.25, 0.3) is 0 Å². The second kappa shape index (κ2) is 7.00. The number of hydrogen-bond acceptors (Lipinski definition) is 5. The Morgan fingerprint density at radius 3 is 2.62 bits per heavy atom. The normalized spacial score (nSPS) is 23.7. The molecule has 0 aromatic heterocycles. The van der Waals surface area contributed by atoms with Crippen LogP contribution >= 0.6 is 11.8 Å². The zero-order chi connectivity index (χ0) is 20.9. The van der Waals surface area contributed by atoms with Crippen LogP contribution in [0.1, 0.15) is 42.0 Å². The lowest BCUT2D eigenvalue weighted by molar-refractivity contribution is -0.140. The van der Waals surface area contributed by atoms with E-state index in [1.807, 2.05) is 19.1 Å². The first-order valence-corrected chi connectivity index (χ1v) is 10.4. The molecule has 7 heteroatoms. The van der Waals surface area contributed by atoms with Crippen LogP contribution in [0.3, 0.4) is 0 Å². The van der Waals surface area contributed by atoms with Gasteiger partial charge in [0.15, 0.2) is 10.8 Å². The molecule has 2 aromatic rings. The van der Waals surface area contributed by atoms with Crippen LogP contribution in [-0.4, -0.2) is 27.3 Å². The molecule has 2 aliphatic heterocycles. The highest BCUT2D eigenvalue weighted by Gasteiger charge is 2.59. The number of benzene rings is 2. The predicted octanol–water partition coefficient (Wildman–Crippen LogP) is 2.81. The number of hydrogen-bond donors (Lipinski definition) is 2. The number of thioether (sulfide) groups is 1. The van der Waals surface area contributed by atoms with Gasteiger partial charge in [0.1, 0.15) is 5.25 Å². The molecule has 2 aromatic carbocycles. The smallest absolute Gasteiger partial charge is 0.265 e. The van der Waals surface area contributed by atoms with E-state index in [9.17, 15) is 14.7 Å². The van der Waals surface area contributed by atoms with Crippen molar-refractivity contribution in [1.82, 2.24) is 0 Å². The number of amidine groups is 1. The molecule has 3 N–H and O–H groups in total. The summed E-state index contributed by atoms with van der Waals surface area (Å²) < 4.78 is 0. The average Bonchev–Trinajstić information content (AvgIpc) is 3.13. The standard InChI is InChI=1S/C22H23N3O3S/c1-12(2)14-9-8-13(3)15(10-14)11-25-17-7-5-4-6-16(17)22(28,20(25)27)18-19(26)24-21(23)29-18/h4-10,12,18,28H,11H2,1-3H3,(H2,23,24,26)/t18-,22+/m1/s1. The van der Waals surface area contributed by atoms with Crippen LogP contribution in [0, 0.1) is 6.92 Å². The van der Waals surface area contributed by atoms with E-state index < -0.39 is 22.7 Å². The number of aliphatic imine (C=N–C) groups is 1. The van der Waals surface area contributed by atoms with E-state index in [4.69, 9.17) is 5.73 Å². The van der Waals surface area contributed by atoms with E-state index in [0.717, 1.165) is 22.9 Å². The van der Waals surface area contributed by atoms with E-state index in [0.29, 0.717) is 23.7 Å². The summed E-state index contributed by atoms with van der Waals surface area (Å²) in [6.07, 6.45) is 0. The summed E-state index contributed by atoms with van der Waals surface area (Å²) in [4.78, 5) is 31.1. The summed E-state index contributed by atoms with van der Waals surface area (Å²) in [5.74, 6) is -0.748. The first-order chi connectivity index (χ1) is 13.7. The van der Waals surface area contributed by atoms with Gasteiger partial charge in [-0.25, -0.2) is 0 Å². The lowest BCUT2D eigenvalue weighted by Crippen LogP contribution is -2.49. The van der Waals surface area contributed by atoms with Gasteiger partial charge < -0.3 is 15.7 Å². The Balaban J connectivity index is 1.76. The first kappa shape index (κ1) is 19.7. The van der Waals surface area contributed by atoms with Gasteiger partial charge in [0, 0.05) is 5.56 Å². The van der Waals surface area contributed by atoms with Gasteiger partial charge in [0.05, 0.1) is 12.2 Å². The van der Waals surface area contributed by atoms with Crippen molar-refractivity contribution in [3.8, 4) is 0 Å². The molecule has 2 heterocycles. The van der Waals surface area contributed by atoms with E-state index in [1.54, 1.807) is 23.1 Å². The summed E-state index contributed by atoms with van der Waals surface area (Å²) in [6, 6.07) is 13.3. The molecular weight excluding hydrogens is 386 g/mol. The van der Waals surface area contributed by atoms with Gasteiger partial charge >= 0.3 is 0 Å². The van der Waals surface area contributed by atoms with Crippen molar-refractivity contribution in [3.05, 3.63) is 64.7 Å². The zero-order valence-electron chi connectivity index (χ0n) is 16.5. The highest BCUT2D eigenvalue weighted by Crippen LogP contribution is 2.48. The van der Waals surface area contributed by atoms with Gasteiger partial charge in [-0.15, -0.1) is 0 Å². The Morgan fingerprint density at radius 1 is 1.24 bits per heavy atom. The molecule has 0 radical (unpaired) electrons. The Morgan fingerprint density at radius 2 is 1.97 bits per heavy atom. The number of nitrogens with two attached hydrogens (primary N) is 1. The molecule has 0 unspecified atom stereocenters. The number of rotatable bonds is 4. The monoisotopic (exact) mass is 409 g/mol. The van der Waals surface area contributed by atoms with Crippen molar-refractivity contribution < 1.29 is 14.7 Å². The van der Waals surface area contributed by atoms with E-state index in [1.165, 1.54) is 5.56 Å². The summed E-state index contributed by atoms with van der Waals surface area (Å²) >= 11 is 0.936. The fourth-order valence-corrected chi connectivity index (χ4v) is 4.83. The van der Waals surface area contributed by atoms with Crippen LogP contribution in [0.15, 0.2) is 47.5 Å². The summed E-state index contributed by atoms with van der Waals surface area (Å²) in [5, 5.41) is 10.5. The van der Waals surface area contributed by atoms with Gasteiger partial charge in [0.25, 0.3) is 11.8 Å². The SMILES string of the molecule is Cc1ccc(C(C)C)cc1CN1C(=O)[C@@](O)([C@@H]2SC(N)=NC2=O)c2ccccc21. The molecule has 0 saturated heterocycles. The van der Waals surface area contributed by atoms with Crippen LogP contribution in [0.2, 0.25) is 0 Å². The number of para-hydroxylation sites is 1. The summed E-state index contributed by atoms with van der Waals surface area (Å²) in [5.41, 5.74) is 7.97. The Bertz CT molecular complexity index is 1050. The largest absolute Gasteiger partial charge is 0.378 e. The lowest BCUT2D eigenvalue weighted by Gasteiger charge is -2.27. The van der Waals surface area contributed by atoms with Crippen molar-refractivity contribution in [2.45, 2.75) is 44.1 Å². The molecule has 0 spiro atoms. The van der Waals surface area contributed by atoms with E-state index in [2.05, 4.69) is 31.0 Å². The second-order valence-corrected chi connectivity index (χ2v) is 8.93. The third kappa shape index (κ3) is 3.05. The number of anilines is 1. The zero-order valence-corrected chi connectivity index (χ0v) is 17.4. The van der Waals surface area contributed by atoms with E-state index >= 15 is 0 Å². The van der Waals surface area contributed by atoms with Crippen LogP contribution in [0.4, 0.5) is 5.69 Å². The molecule has 29 heavy (non-hydrogen) atoms. The molecule has 150 valence electrons. The van der Waals surface area contributed by atoms with Gasteiger partial charge in [-0.05, 0) is 35.6 Å². The van der Waals surface area contributed by atoms with Crippen LogP contribution in [-0.2, 0) is 21.7 Å². The fourth-order valence-electron chi connectivity index (χ4n) is 3.89. The van der Waals surface area contributed by atoms with Crippen molar-refractivity contribution in [3.63, 3.8) is 0 Å². The number of nitrogens with zero attached hydrogens (tertiary/aromatic N) is 2. The number of carbonyl (C=O) groups is 2. The first-order valence-electron chi connectivity index (χ1n) is 9.51. The minimum Gasteiger partial charge on any atom is -0.378 e. The Hall–Kier alpha value is -2.64. The maximum Gasteiger partial charge on any atom is 0.265 e. The molecule has 2 atom stereocenters. The molecule has 0 fully saturated rings. The Labute approximate surface area is 173 Å². The summed E-state index contributed by atoms with van der Waals surface area (Å²) in [6.45, 7) is 6.56. The molecule has 0 aliphatic carbocycles. The number of carbonyl (C=O) groups excluding carboxylic acids is 2. The van der Waals surface area contributed by atoms with Gasteiger partial charge in [0.2, 0.25) is 0 Å². The maximum atomic E-state index is 13.5. The minimum atomic E-state index is -1.99. The molecule has 0 saturated carbocycles. The van der Waals surface area contributed by atoms with Gasteiger partial charge in [-0.3, -0.25) is 9.59 Å². The van der Waals surface area contributed by atoms with Crippen molar-refractivity contribution >= 4 is 34.4 Å². The number of aliphatic hydroxyl groups is 1. The highest BCUT2D eigenvalue weighted by atomic mass is 32.2. The number of aryl methyl sites for hydroxylation is 1. The van der Waals surface area contributed by atoms with Crippen molar-refractivity contribution in [1.29, 1.82) is 0 Å². The highest BCUT2D eigenvalue weighted by molar-refractivity contribution is 8.15. The van der Waals surface area contributed by atoms with Crippen molar-refractivity contribution in [2.75, 3.05) is 4.90 Å². The molecule has 0 bridgehead atoms. The molecular formula is C22H23N3O3S. The van der Waals surface area contributed by atoms with Crippen LogP contribution in [0.5, 0.6) is 0 Å². The third-order valence-electron chi connectivity index (χ3n) is 5.61. The van der Waals surface area contributed by atoms with Crippen molar-refractivity contribution in [2.24, 2.45) is 10.7 Å². The number of fused-ring (bicyclic) bond motifs is 1. The second-order valence-electron chi connectivity index (χ2n) is 7.80.